The Balaban J connectivity index is 2.38. The van der Waals surface area contributed by atoms with Crippen LogP contribution < -0.4 is 0 Å². The van der Waals surface area contributed by atoms with Crippen molar-refractivity contribution in [1.82, 2.24) is 0 Å². The minimum atomic E-state index is -0.237. The third-order valence-corrected chi connectivity index (χ3v) is 1.81. The fourth-order valence-electron chi connectivity index (χ4n) is 0.777. The molecule has 0 spiro atoms. The van der Waals surface area contributed by atoms with Gasteiger partial charge < -0.3 is 4.74 Å². The van der Waals surface area contributed by atoms with E-state index in [2.05, 4.69) is 15.9 Å². The topological polar surface area (TPSA) is 26.3 Å². The van der Waals surface area contributed by atoms with Gasteiger partial charge in [-0.3, -0.25) is 4.79 Å². The molecule has 1 aromatic rings. The molecule has 12 heavy (non-hydrogen) atoms. The molecule has 3 heteroatoms. The summed E-state index contributed by atoms with van der Waals surface area (Å²) in [5, 5.41) is 0.250. The lowest BCUT2D eigenvalue weighted by atomic mass is 10.2. The molecule has 1 aromatic carbocycles. The average molecular weight is 231 g/mol. The number of rotatable bonds is 3. The van der Waals surface area contributed by atoms with E-state index >= 15 is 0 Å². The monoisotopic (exact) mass is 230 g/mol. The van der Waals surface area contributed by atoms with Crippen molar-refractivity contribution in [2.45, 2.75) is 6.61 Å². The van der Waals surface area contributed by atoms with E-state index in [4.69, 9.17) is 4.74 Å². The van der Waals surface area contributed by atoms with Gasteiger partial charge in [-0.25, -0.2) is 0 Å². The van der Waals surface area contributed by atoms with Gasteiger partial charge in [0.25, 0.3) is 0 Å². The standard InChI is InChI=1S/C9H9BrO2/c10-6-9(11)12-7-8-4-2-1-3-5-8/h1-5H,6-7H2/i6+1,9+1. The summed E-state index contributed by atoms with van der Waals surface area (Å²) in [6.07, 6.45) is 0. The van der Waals surface area contributed by atoms with E-state index in [1.54, 1.807) is 0 Å². The smallest absolute Gasteiger partial charge is 0.316 e. The van der Waals surface area contributed by atoms with Crippen molar-refractivity contribution in [2.75, 3.05) is 5.33 Å². The van der Waals surface area contributed by atoms with Gasteiger partial charge in [0.15, 0.2) is 0 Å². The van der Waals surface area contributed by atoms with Gasteiger partial charge in [0.05, 0.1) is 0 Å². The van der Waals surface area contributed by atoms with Crippen molar-refractivity contribution >= 4 is 21.9 Å². The first-order valence-corrected chi connectivity index (χ1v) is 4.70. The summed E-state index contributed by atoms with van der Waals surface area (Å²) >= 11 is 3.01. The molecule has 0 atom stereocenters. The first-order chi connectivity index (χ1) is 5.83. The van der Waals surface area contributed by atoms with Gasteiger partial charge in [0.1, 0.15) is 11.9 Å². The number of alkyl halides is 1. The summed E-state index contributed by atoms with van der Waals surface area (Å²) < 4.78 is 4.89. The molecule has 0 amide bonds. The minimum Gasteiger partial charge on any atom is -0.460 e. The molecule has 0 saturated heterocycles. The van der Waals surface area contributed by atoms with Crippen LogP contribution in [0.5, 0.6) is 0 Å². The van der Waals surface area contributed by atoms with Gasteiger partial charge in [0, 0.05) is 0 Å². The molecule has 0 radical (unpaired) electrons. The van der Waals surface area contributed by atoms with Crippen molar-refractivity contribution in [3.05, 3.63) is 35.9 Å². The highest BCUT2D eigenvalue weighted by molar-refractivity contribution is 9.09. The Morgan fingerprint density at radius 1 is 1.33 bits per heavy atom. The molecule has 2 nitrogen and oxygen atoms in total. The predicted molar refractivity (Wildman–Crippen MR) is 50.0 cm³/mol. The number of ether oxygens (including phenoxy) is 1. The number of carbonyl (C=O) groups excluding carboxylic acids is 1. The van der Waals surface area contributed by atoms with E-state index in [-0.39, 0.29) is 11.3 Å². The molecule has 0 aliphatic carbocycles. The summed E-state index contributed by atoms with van der Waals surface area (Å²) in [6, 6.07) is 9.59. The van der Waals surface area contributed by atoms with Crippen LogP contribution in [-0.2, 0) is 16.1 Å². The Morgan fingerprint density at radius 3 is 2.58 bits per heavy atom. The molecule has 0 aromatic heterocycles. The number of benzene rings is 1. The number of halogens is 1. The van der Waals surface area contributed by atoms with E-state index in [0.29, 0.717) is 6.61 Å². The molecule has 0 heterocycles. The zero-order valence-corrected chi connectivity index (χ0v) is 8.08. The van der Waals surface area contributed by atoms with Crippen molar-refractivity contribution in [3.63, 3.8) is 0 Å². The van der Waals surface area contributed by atoms with E-state index in [0.717, 1.165) is 5.56 Å². The second kappa shape index (κ2) is 4.93. The van der Waals surface area contributed by atoms with Gasteiger partial charge in [0.2, 0.25) is 0 Å². The maximum absolute atomic E-state index is 10.7. The van der Waals surface area contributed by atoms with Crippen molar-refractivity contribution in [1.29, 1.82) is 0 Å². The third kappa shape index (κ3) is 3.05. The zero-order valence-electron chi connectivity index (χ0n) is 6.50. The summed E-state index contributed by atoms with van der Waals surface area (Å²) in [4.78, 5) is 10.7. The van der Waals surface area contributed by atoms with Gasteiger partial charge in [-0.15, -0.1) is 0 Å². The molecule has 0 bridgehead atoms. The Morgan fingerprint density at radius 2 is 2.00 bits per heavy atom. The zero-order chi connectivity index (χ0) is 8.81. The highest BCUT2D eigenvalue weighted by atomic mass is 79.9. The fraction of sp³-hybridized carbons (Fsp3) is 0.222. The van der Waals surface area contributed by atoms with Crippen LogP contribution in [-0.4, -0.2) is 11.3 Å². The highest BCUT2D eigenvalue weighted by Crippen LogP contribution is 2.00. The third-order valence-electron chi connectivity index (χ3n) is 1.35. The molecule has 0 N–H and O–H groups in total. The Kier molecular flexibility index (Phi) is 3.80. The second-order valence-electron chi connectivity index (χ2n) is 2.28. The SMILES string of the molecule is O=[13C]([13CH2]Br)OCc1ccccc1. The molecule has 1 rings (SSSR count). The molecule has 0 aliphatic rings. The maximum Gasteiger partial charge on any atom is 0.316 e. The normalized spacial score (nSPS) is 9.42. The fourth-order valence-corrected chi connectivity index (χ4v) is 0.939. The summed E-state index contributed by atoms with van der Waals surface area (Å²) in [6.45, 7) is 0.352. The number of carbonyl (C=O) groups is 1. The van der Waals surface area contributed by atoms with E-state index < -0.39 is 0 Å². The Hall–Kier alpha value is -0.830. The lowest BCUT2D eigenvalue weighted by molar-refractivity contribution is -0.141. The molecular formula is C9H9BrO2. The summed E-state index contributed by atoms with van der Waals surface area (Å²) in [7, 11) is 0. The van der Waals surface area contributed by atoms with Crippen molar-refractivity contribution < 1.29 is 9.53 Å². The van der Waals surface area contributed by atoms with Crippen LogP contribution in [0, 0.1) is 0 Å². The Labute approximate surface area is 79.7 Å². The number of esters is 1. The summed E-state index contributed by atoms with van der Waals surface area (Å²) in [5.74, 6) is -0.237. The van der Waals surface area contributed by atoms with Gasteiger partial charge >= 0.3 is 5.97 Å². The lowest BCUT2D eigenvalue weighted by Crippen LogP contribution is -2.04. The van der Waals surface area contributed by atoms with E-state index in [1.165, 1.54) is 0 Å². The molecule has 0 unspecified atom stereocenters. The Bertz CT molecular complexity index is 246. The van der Waals surface area contributed by atoms with Crippen LogP contribution in [0.2, 0.25) is 0 Å². The van der Waals surface area contributed by atoms with E-state index in [9.17, 15) is 4.79 Å². The van der Waals surface area contributed by atoms with Crippen LogP contribution in [0.4, 0.5) is 0 Å². The molecule has 0 saturated carbocycles. The van der Waals surface area contributed by atoms with Crippen LogP contribution in [0.15, 0.2) is 30.3 Å². The predicted octanol–water partition coefficient (Wildman–Crippen LogP) is 2.12. The molecule has 64 valence electrons. The van der Waals surface area contributed by atoms with Crippen molar-refractivity contribution in [3.8, 4) is 0 Å². The largest absolute Gasteiger partial charge is 0.460 e. The quantitative estimate of drug-likeness (QED) is 0.452. The lowest BCUT2D eigenvalue weighted by Gasteiger charge is -2.01. The highest BCUT2D eigenvalue weighted by Gasteiger charge is 1.98. The first kappa shape index (κ1) is 9.26. The second-order valence-corrected chi connectivity index (χ2v) is 2.84. The number of hydrogen-bond acceptors (Lipinski definition) is 2. The van der Waals surface area contributed by atoms with Crippen LogP contribution in [0.3, 0.4) is 0 Å². The molecule has 0 aliphatic heterocycles. The van der Waals surface area contributed by atoms with Gasteiger partial charge in [-0.2, -0.15) is 0 Å². The minimum absolute atomic E-state index is 0.237. The average Bonchev–Trinajstić information content (AvgIpc) is 2.16. The molecule has 0 fully saturated rings. The number of hydrogen-bond donors (Lipinski definition) is 0. The first-order valence-electron chi connectivity index (χ1n) is 3.58. The van der Waals surface area contributed by atoms with Crippen LogP contribution in [0.25, 0.3) is 0 Å². The van der Waals surface area contributed by atoms with Crippen LogP contribution >= 0.6 is 15.9 Å². The maximum atomic E-state index is 10.7. The van der Waals surface area contributed by atoms with Crippen LogP contribution in [0.1, 0.15) is 5.56 Å². The molecular weight excluding hydrogens is 222 g/mol. The summed E-state index contributed by atoms with van der Waals surface area (Å²) in [5.41, 5.74) is 1.01. The van der Waals surface area contributed by atoms with Gasteiger partial charge in [-0.1, -0.05) is 46.3 Å². The van der Waals surface area contributed by atoms with E-state index in [1.807, 2.05) is 30.3 Å². The van der Waals surface area contributed by atoms with Gasteiger partial charge in [-0.05, 0) is 5.56 Å². The van der Waals surface area contributed by atoms with Crippen molar-refractivity contribution in [2.24, 2.45) is 0 Å².